The zero-order chi connectivity index (χ0) is 104. The lowest BCUT2D eigenvalue weighted by Crippen LogP contribution is -2.24. The molecule has 0 aromatic rings. The highest BCUT2D eigenvalue weighted by Crippen LogP contribution is 2.08. The van der Waals surface area contributed by atoms with Crippen LogP contribution in [0.3, 0.4) is 0 Å². The summed E-state index contributed by atoms with van der Waals surface area (Å²) in [7, 11) is 0. The second-order valence-corrected chi connectivity index (χ2v) is 30.7. The second kappa shape index (κ2) is 134. The highest BCUT2D eigenvalue weighted by atomic mass is 16.7. The zero-order valence-electron chi connectivity index (χ0n) is 88.8. The largest absolute Gasteiger partial charge is 0.460 e. The number of esters is 1. The van der Waals surface area contributed by atoms with Crippen LogP contribution >= 0.6 is 0 Å². The maximum atomic E-state index is 11.6. The number of rotatable bonds is 137. The first-order valence-electron chi connectivity index (χ1n) is 51.9. The van der Waals surface area contributed by atoms with Crippen LogP contribution in [-0.2, 0) is 223 Å². The van der Waals surface area contributed by atoms with Gasteiger partial charge in [-0.1, -0.05) is 0 Å². The molecule has 0 heterocycles. The standard InChI is InChI=1S/C97H195NO47/c1-97(2,3)145-96(99)4-6-100-8-10-102-12-14-104-16-18-106-20-22-108-24-26-110-28-30-112-32-34-114-36-38-116-40-42-118-44-46-120-48-50-122-52-54-124-56-58-126-60-62-128-64-66-130-68-70-132-72-74-134-76-78-136-80-82-138-84-86-140-88-90-142-92-94-144-95-93-143-91-89-141-87-85-139-83-81-137-79-77-135-75-73-133-71-69-131-67-65-129-63-61-127-59-57-125-55-53-123-51-49-121-47-45-119-43-41-117-39-37-115-35-33-113-31-29-111-27-25-109-23-21-107-19-17-105-15-13-103-11-9-101-7-5-98/h4-95,98H2,1-3H3. The van der Waals surface area contributed by atoms with Crippen molar-refractivity contribution < 1.29 is 223 Å². The van der Waals surface area contributed by atoms with E-state index in [1.165, 1.54) is 0 Å². The number of ether oxygens (including phenoxy) is 46. The average molecular weight is 2130 g/mol. The van der Waals surface area contributed by atoms with E-state index in [0.29, 0.717) is 601 Å². The molecule has 0 aromatic heterocycles. The summed E-state index contributed by atoms with van der Waals surface area (Å²) in [4.78, 5) is 11.6. The minimum atomic E-state index is -0.489. The van der Waals surface area contributed by atoms with Crippen LogP contribution in [0.2, 0.25) is 0 Å². The minimum Gasteiger partial charge on any atom is -0.460 e. The molecular weight excluding hydrogens is 1930 g/mol. The van der Waals surface area contributed by atoms with E-state index in [-0.39, 0.29) is 12.4 Å². The van der Waals surface area contributed by atoms with Crippen LogP contribution in [0.25, 0.3) is 0 Å². The summed E-state index contributed by atoms with van der Waals surface area (Å²) >= 11 is 0. The van der Waals surface area contributed by atoms with Crippen molar-refractivity contribution in [3.8, 4) is 0 Å². The molecule has 0 bridgehead atoms. The van der Waals surface area contributed by atoms with Crippen molar-refractivity contribution in [3.63, 3.8) is 0 Å². The monoisotopic (exact) mass is 2130 g/mol. The van der Waals surface area contributed by atoms with E-state index in [0.717, 1.165) is 0 Å². The van der Waals surface area contributed by atoms with Crippen LogP contribution < -0.4 is 5.73 Å². The van der Waals surface area contributed by atoms with Crippen LogP contribution in [0.4, 0.5) is 0 Å². The van der Waals surface area contributed by atoms with Gasteiger partial charge in [-0.3, -0.25) is 4.79 Å². The molecule has 0 amide bonds. The van der Waals surface area contributed by atoms with Gasteiger partial charge in [0.15, 0.2) is 0 Å². The van der Waals surface area contributed by atoms with E-state index in [1.54, 1.807) is 0 Å². The maximum Gasteiger partial charge on any atom is 0.308 e. The molecule has 0 fully saturated rings. The molecule has 0 radical (unpaired) electrons. The molecule has 0 aromatic carbocycles. The summed E-state index contributed by atoms with van der Waals surface area (Å²) in [5.74, 6) is -0.274. The Hall–Kier alpha value is -2.37. The van der Waals surface area contributed by atoms with Crippen molar-refractivity contribution in [1.82, 2.24) is 0 Å². The highest BCUT2D eigenvalue weighted by Gasteiger charge is 2.16. The Kier molecular flexibility index (Phi) is 132. The summed E-state index contributed by atoms with van der Waals surface area (Å²) in [5, 5.41) is 0. The molecule has 48 nitrogen and oxygen atoms in total. The Balaban J connectivity index is 3.11. The third kappa shape index (κ3) is 140. The number of hydrogen-bond donors (Lipinski definition) is 1. The van der Waals surface area contributed by atoms with Gasteiger partial charge in [-0.05, 0) is 20.8 Å². The van der Waals surface area contributed by atoms with Crippen molar-refractivity contribution in [3.05, 3.63) is 0 Å². The van der Waals surface area contributed by atoms with Gasteiger partial charge in [0.1, 0.15) is 5.60 Å². The van der Waals surface area contributed by atoms with E-state index >= 15 is 0 Å². The number of hydrogen-bond acceptors (Lipinski definition) is 48. The Morgan fingerprint density at radius 3 is 0.241 bits per heavy atom. The van der Waals surface area contributed by atoms with Crippen LogP contribution in [-0.4, -0.2) is 613 Å². The summed E-state index contributed by atoms with van der Waals surface area (Å²) < 4.78 is 254. The van der Waals surface area contributed by atoms with Crippen molar-refractivity contribution in [2.24, 2.45) is 5.73 Å². The normalized spacial score (nSPS) is 11.9. The van der Waals surface area contributed by atoms with E-state index in [1.807, 2.05) is 20.8 Å². The smallest absolute Gasteiger partial charge is 0.308 e. The maximum absolute atomic E-state index is 11.6. The van der Waals surface area contributed by atoms with Crippen LogP contribution in [0, 0.1) is 0 Å². The lowest BCUT2D eigenvalue weighted by Gasteiger charge is -2.19. The van der Waals surface area contributed by atoms with E-state index in [4.69, 9.17) is 224 Å². The fourth-order valence-electron chi connectivity index (χ4n) is 10.4. The highest BCUT2D eigenvalue weighted by molar-refractivity contribution is 5.69. The molecular formula is C97H195NO47. The van der Waals surface area contributed by atoms with Crippen molar-refractivity contribution in [2.45, 2.75) is 32.8 Å². The van der Waals surface area contributed by atoms with Gasteiger partial charge in [0.05, 0.1) is 601 Å². The third-order valence-electron chi connectivity index (χ3n) is 17.5. The van der Waals surface area contributed by atoms with Gasteiger partial charge >= 0.3 is 5.97 Å². The summed E-state index contributed by atoms with van der Waals surface area (Å²) in [6.07, 6.45) is 0.220. The Morgan fingerprint density at radius 2 is 0.179 bits per heavy atom. The van der Waals surface area contributed by atoms with Crippen LogP contribution in [0.5, 0.6) is 0 Å². The molecule has 0 saturated heterocycles. The van der Waals surface area contributed by atoms with Crippen molar-refractivity contribution >= 4 is 5.97 Å². The molecule has 0 rings (SSSR count). The topological polar surface area (TPSA) is 468 Å². The van der Waals surface area contributed by atoms with Gasteiger partial charge in [0, 0.05) is 6.54 Å². The molecule has 0 atom stereocenters. The first kappa shape index (κ1) is 143. The fraction of sp³-hybridized carbons (Fsp3) is 0.990. The first-order valence-corrected chi connectivity index (χ1v) is 51.9. The quantitative estimate of drug-likeness (QED) is 0.0664. The van der Waals surface area contributed by atoms with E-state index in [9.17, 15) is 4.79 Å². The van der Waals surface area contributed by atoms with Crippen molar-refractivity contribution in [1.29, 1.82) is 0 Å². The molecule has 870 valence electrons. The molecule has 0 aliphatic rings. The van der Waals surface area contributed by atoms with E-state index < -0.39 is 5.60 Å². The predicted octanol–water partition coefficient (Wildman–Crippen LogP) is 1.42. The molecule has 2 N–H and O–H groups in total. The molecule has 0 aliphatic heterocycles. The molecule has 0 unspecified atom stereocenters. The van der Waals surface area contributed by atoms with Gasteiger partial charge in [-0.25, -0.2) is 0 Å². The number of nitrogens with two attached hydrogens (primary N) is 1. The molecule has 0 aliphatic carbocycles. The predicted molar refractivity (Wildman–Crippen MR) is 526 cm³/mol. The summed E-state index contributed by atoms with van der Waals surface area (Å²) in [5.41, 5.74) is 4.87. The lowest BCUT2D eigenvalue weighted by molar-refractivity contribution is -0.156. The van der Waals surface area contributed by atoms with Gasteiger partial charge in [0.2, 0.25) is 0 Å². The van der Waals surface area contributed by atoms with Crippen LogP contribution in [0.1, 0.15) is 27.2 Å². The molecule has 0 spiro atoms. The third-order valence-corrected chi connectivity index (χ3v) is 17.5. The number of carbonyl (C=O) groups is 1. The summed E-state index contributed by atoms with van der Waals surface area (Å²) in [6, 6.07) is 0. The van der Waals surface area contributed by atoms with Crippen molar-refractivity contribution in [2.75, 3.05) is 601 Å². The van der Waals surface area contributed by atoms with Gasteiger partial charge in [-0.15, -0.1) is 0 Å². The second-order valence-electron chi connectivity index (χ2n) is 30.7. The average Bonchev–Trinajstić information content (AvgIpc) is 0.948. The Labute approximate surface area is 864 Å². The zero-order valence-corrected chi connectivity index (χ0v) is 88.8. The Morgan fingerprint density at radius 1 is 0.117 bits per heavy atom. The Bertz CT molecular complexity index is 2100. The first-order chi connectivity index (χ1) is 72.0. The lowest BCUT2D eigenvalue weighted by atomic mass is 10.2. The fourth-order valence-corrected chi connectivity index (χ4v) is 10.4. The van der Waals surface area contributed by atoms with E-state index in [2.05, 4.69) is 0 Å². The SMILES string of the molecule is CC(C)(C)OC(=O)CCOCCOCCOCCOCCOCCOCCOCCOCCOCCOCCOCCOCCOCCOCCOCCOCCOCCOCCOCCOCCOCCOCCOCCOCCOCCOCCOCCOCCOCCOCCOCCOCCOCCOCCOCCOCCOCCOCCOCCOCCOCCOCCOCCOCCOCCN. The number of carbonyl (C=O) groups excluding carboxylic acids is 1. The molecule has 145 heavy (non-hydrogen) atoms. The summed E-state index contributed by atoms with van der Waals surface area (Å²) in [6.45, 7) is 48.8. The minimum absolute atomic E-state index is 0.220. The van der Waals surface area contributed by atoms with Gasteiger partial charge in [-0.2, -0.15) is 0 Å². The van der Waals surface area contributed by atoms with Gasteiger partial charge in [0.25, 0.3) is 0 Å². The molecule has 48 heteroatoms. The molecule has 0 saturated carbocycles. The van der Waals surface area contributed by atoms with Gasteiger partial charge < -0.3 is 224 Å². The van der Waals surface area contributed by atoms with Crippen LogP contribution in [0.15, 0.2) is 0 Å².